The summed E-state index contributed by atoms with van der Waals surface area (Å²) in [5.74, 6) is 0.846. The van der Waals surface area contributed by atoms with E-state index in [1.54, 1.807) is 11.1 Å². The summed E-state index contributed by atoms with van der Waals surface area (Å²) in [7, 11) is 0. The molecule has 2 N–H and O–H groups in total. The van der Waals surface area contributed by atoms with Gasteiger partial charge in [0.2, 0.25) is 0 Å². The van der Waals surface area contributed by atoms with E-state index in [-0.39, 0.29) is 0 Å². The maximum absolute atomic E-state index is 5.99. The van der Waals surface area contributed by atoms with Gasteiger partial charge >= 0.3 is 0 Å². The fourth-order valence-corrected chi connectivity index (χ4v) is 3.75. The Morgan fingerprint density at radius 3 is 2.50 bits per heavy atom. The molecule has 2 heteroatoms. The number of benzene rings is 1. The molecule has 0 amide bonds. The van der Waals surface area contributed by atoms with Gasteiger partial charge in [0.25, 0.3) is 0 Å². The average Bonchev–Trinajstić information content (AvgIpc) is 2.82. The lowest BCUT2D eigenvalue weighted by atomic mass is 9.90. The molecule has 2 aliphatic rings. The van der Waals surface area contributed by atoms with E-state index in [0.29, 0.717) is 12.1 Å². The molecule has 0 bridgehead atoms. The summed E-state index contributed by atoms with van der Waals surface area (Å²) in [6.45, 7) is 4.42. The Morgan fingerprint density at radius 1 is 1.22 bits per heavy atom. The minimum absolute atomic E-state index is 0.605. The van der Waals surface area contributed by atoms with Gasteiger partial charge in [-0.05, 0) is 49.3 Å². The first-order valence-electron chi connectivity index (χ1n) is 7.30. The van der Waals surface area contributed by atoms with Gasteiger partial charge in [-0.3, -0.25) is 4.90 Å². The minimum Gasteiger partial charge on any atom is -0.329 e. The zero-order valence-electron chi connectivity index (χ0n) is 11.3. The second-order valence-corrected chi connectivity index (χ2v) is 6.09. The molecule has 2 unspecified atom stereocenters. The molecule has 0 aromatic heterocycles. The molecule has 0 saturated carbocycles. The quantitative estimate of drug-likeness (QED) is 0.864. The number of likely N-dealkylation sites (tertiary alicyclic amines) is 1. The van der Waals surface area contributed by atoms with Crippen LogP contribution in [0.2, 0.25) is 0 Å². The van der Waals surface area contributed by atoms with Crippen molar-refractivity contribution in [1.82, 2.24) is 4.90 Å². The molecule has 1 aromatic carbocycles. The first-order chi connectivity index (χ1) is 8.78. The Morgan fingerprint density at radius 2 is 1.89 bits per heavy atom. The predicted octanol–water partition coefficient (Wildman–Crippen LogP) is 2.21. The van der Waals surface area contributed by atoms with Gasteiger partial charge in [-0.1, -0.05) is 31.2 Å². The highest BCUT2D eigenvalue weighted by molar-refractivity contribution is 5.33. The lowest BCUT2D eigenvalue weighted by molar-refractivity contribution is 0.0800. The summed E-state index contributed by atoms with van der Waals surface area (Å²) >= 11 is 0. The monoisotopic (exact) mass is 244 g/mol. The van der Waals surface area contributed by atoms with Crippen molar-refractivity contribution in [2.45, 2.75) is 44.7 Å². The third kappa shape index (κ3) is 2.19. The van der Waals surface area contributed by atoms with Crippen molar-refractivity contribution >= 4 is 0 Å². The highest BCUT2D eigenvalue weighted by Gasteiger charge is 2.33. The van der Waals surface area contributed by atoms with E-state index in [9.17, 15) is 0 Å². The summed E-state index contributed by atoms with van der Waals surface area (Å²) in [5, 5.41) is 0. The summed E-state index contributed by atoms with van der Waals surface area (Å²) in [5.41, 5.74) is 9.09. The Labute approximate surface area is 110 Å². The second-order valence-electron chi connectivity index (χ2n) is 6.09. The van der Waals surface area contributed by atoms with Crippen LogP contribution in [-0.2, 0) is 12.8 Å². The Balaban J connectivity index is 1.73. The molecule has 0 radical (unpaired) electrons. The highest BCUT2D eigenvalue weighted by Crippen LogP contribution is 2.31. The van der Waals surface area contributed by atoms with Crippen molar-refractivity contribution in [3.8, 4) is 0 Å². The van der Waals surface area contributed by atoms with E-state index in [1.165, 1.54) is 32.2 Å². The fraction of sp³-hybridized carbons (Fsp3) is 0.625. The molecule has 1 saturated heterocycles. The minimum atomic E-state index is 0.605. The smallest absolute Gasteiger partial charge is 0.0224 e. The maximum Gasteiger partial charge on any atom is 0.0224 e. The van der Waals surface area contributed by atoms with Crippen LogP contribution in [0.4, 0.5) is 0 Å². The van der Waals surface area contributed by atoms with Gasteiger partial charge in [0.15, 0.2) is 0 Å². The van der Waals surface area contributed by atoms with Crippen LogP contribution in [-0.4, -0.2) is 30.1 Å². The van der Waals surface area contributed by atoms with Crippen LogP contribution in [0.25, 0.3) is 0 Å². The fourth-order valence-electron chi connectivity index (χ4n) is 3.75. The van der Waals surface area contributed by atoms with Crippen LogP contribution < -0.4 is 5.73 Å². The van der Waals surface area contributed by atoms with Gasteiger partial charge < -0.3 is 5.73 Å². The van der Waals surface area contributed by atoms with Gasteiger partial charge in [0.1, 0.15) is 0 Å². The maximum atomic E-state index is 5.99. The molecule has 1 aromatic rings. The third-order valence-corrected chi connectivity index (χ3v) is 4.79. The zero-order chi connectivity index (χ0) is 12.5. The van der Waals surface area contributed by atoms with Crippen molar-refractivity contribution in [2.24, 2.45) is 11.7 Å². The molecular weight excluding hydrogens is 220 g/mol. The van der Waals surface area contributed by atoms with Crippen LogP contribution in [0.3, 0.4) is 0 Å². The van der Waals surface area contributed by atoms with Crippen molar-refractivity contribution < 1.29 is 0 Å². The molecule has 2 atom stereocenters. The molecule has 2 nitrogen and oxygen atoms in total. The first-order valence-corrected chi connectivity index (χ1v) is 7.30. The highest BCUT2D eigenvalue weighted by atomic mass is 15.2. The standard InChI is InChI=1S/C16H24N2/c1-12-6-7-18(16(8-12)11-17)15-9-13-4-2-3-5-14(13)10-15/h2-5,12,15-16H,6-11,17H2,1H3. The molecule has 18 heavy (non-hydrogen) atoms. The number of hydrogen-bond donors (Lipinski definition) is 1. The van der Waals surface area contributed by atoms with E-state index < -0.39 is 0 Å². The zero-order valence-corrected chi connectivity index (χ0v) is 11.3. The number of piperidine rings is 1. The van der Waals surface area contributed by atoms with Crippen LogP contribution >= 0.6 is 0 Å². The SMILES string of the molecule is CC1CCN(C2Cc3ccccc3C2)C(CN)C1. The number of rotatable bonds is 2. The summed E-state index contributed by atoms with van der Waals surface area (Å²) in [6.07, 6.45) is 5.06. The van der Waals surface area contributed by atoms with E-state index in [1.807, 2.05) is 0 Å². The molecule has 0 spiro atoms. The van der Waals surface area contributed by atoms with Crippen LogP contribution in [0.1, 0.15) is 30.9 Å². The first kappa shape index (κ1) is 12.2. The molecule has 98 valence electrons. The van der Waals surface area contributed by atoms with E-state index in [4.69, 9.17) is 5.73 Å². The molecule has 1 aliphatic heterocycles. The number of nitrogens with zero attached hydrogens (tertiary/aromatic N) is 1. The average molecular weight is 244 g/mol. The lowest BCUT2D eigenvalue weighted by Crippen LogP contribution is -2.51. The number of fused-ring (bicyclic) bond motifs is 1. The topological polar surface area (TPSA) is 29.3 Å². The van der Waals surface area contributed by atoms with E-state index >= 15 is 0 Å². The van der Waals surface area contributed by atoms with Crippen molar-refractivity contribution in [3.05, 3.63) is 35.4 Å². The molecular formula is C16H24N2. The Bertz CT molecular complexity index is 390. The van der Waals surface area contributed by atoms with Gasteiger partial charge in [0, 0.05) is 18.6 Å². The van der Waals surface area contributed by atoms with E-state index in [2.05, 4.69) is 36.1 Å². The Kier molecular flexibility index (Phi) is 3.40. The van der Waals surface area contributed by atoms with Crippen LogP contribution in [0, 0.1) is 5.92 Å². The summed E-state index contributed by atoms with van der Waals surface area (Å²) in [4.78, 5) is 2.69. The normalized spacial score (nSPS) is 29.4. The second kappa shape index (κ2) is 5.02. The van der Waals surface area contributed by atoms with Crippen molar-refractivity contribution in [3.63, 3.8) is 0 Å². The lowest BCUT2D eigenvalue weighted by Gasteiger charge is -2.41. The molecule has 3 rings (SSSR count). The number of nitrogens with two attached hydrogens (primary N) is 1. The van der Waals surface area contributed by atoms with Gasteiger partial charge in [0.05, 0.1) is 0 Å². The molecule has 1 aliphatic carbocycles. The summed E-state index contributed by atoms with van der Waals surface area (Å²) < 4.78 is 0. The van der Waals surface area contributed by atoms with Crippen molar-refractivity contribution in [2.75, 3.05) is 13.1 Å². The molecule has 1 heterocycles. The van der Waals surface area contributed by atoms with Crippen LogP contribution in [0.5, 0.6) is 0 Å². The third-order valence-electron chi connectivity index (χ3n) is 4.79. The van der Waals surface area contributed by atoms with Gasteiger partial charge in [-0.15, -0.1) is 0 Å². The van der Waals surface area contributed by atoms with E-state index in [0.717, 1.165) is 12.5 Å². The summed E-state index contributed by atoms with van der Waals surface area (Å²) in [6, 6.07) is 10.2. The largest absolute Gasteiger partial charge is 0.329 e. The molecule has 1 fully saturated rings. The number of hydrogen-bond acceptors (Lipinski definition) is 2. The van der Waals surface area contributed by atoms with Gasteiger partial charge in [-0.2, -0.15) is 0 Å². The van der Waals surface area contributed by atoms with Crippen molar-refractivity contribution in [1.29, 1.82) is 0 Å². The predicted molar refractivity (Wildman–Crippen MR) is 75.6 cm³/mol. The van der Waals surface area contributed by atoms with Crippen LogP contribution in [0.15, 0.2) is 24.3 Å². The van der Waals surface area contributed by atoms with Gasteiger partial charge in [-0.25, -0.2) is 0 Å². The Hall–Kier alpha value is -0.860.